The van der Waals surface area contributed by atoms with Gasteiger partial charge < -0.3 is 10.5 Å². The minimum absolute atomic E-state index is 0.00179. The third kappa shape index (κ3) is 3.01. The Morgan fingerprint density at radius 1 is 1.43 bits per heavy atom. The van der Waals surface area contributed by atoms with E-state index in [2.05, 4.69) is 5.10 Å². The number of esters is 1. The molecule has 0 aliphatic rings. The third-order valence-corrected chi connectivity index (χ3v) is 3.04. The van der Waals surface area contributed by atoms with Gasteiger partial charge in [-0.25, -0.2) is 18.3 Å². The van der Waals surface area contributed by atoms with Gasteiger partial charge in [0.05, 0.1) is 13.2 Å². The summed E-state index contributed by atoms with van der Waals surface area (Å²) in [5.41, 5.74) is 6.65. The summed E-state index contributed by atoms with van der Waals surface area (Å²) in [5.74, 6) is -1.70. The minimum atomic E-state index is -0.694. The molecule has 2 aromatic rings. The van der Waals surface area contributed by atoms with Gasteiger partial charge >= 0.3 is 5.97 Å². The smallest absolute Gasteiger partial charge is 0.359 e. The van der Waals surface area contributed by atoms with Gasteiger partial charge in [0.25, 0.3) is 0 Å². The first kappa shape index (κ1) is 15.0. The number of rotatable bonds is 4. The maximum Gasteiger partial charge on any atom is 0.359 e. The number of anilines is 1. The molecule has 2 N–H and O–H groups in total. The first-order valence-electron chi connectivity index (χ1n) is 6.38. The lowest BCUT2D eigenvalue weighted by Gasteiger charge is -2.05. The zero-order valence-corrected chi connectivity index (χ0v) is 11.7. The number of carbonyl (C=O) groups is 1. The third-order valence-electron chi connectivity index (χ3n) is 3.04. The Kier molecular flexibility index (Phi) is 4.21. The molecule has 0 radical (unpaired) electrons. The van der Waals surface area contributed by atoms with E-state index in [1.165, 1.54) is 10.7 Å². The zero-order valence-electron chi connectivity index (χ0n) is 11.7. The number of nitrogen functional groups attached to an aromatic ring is 1. The SMILES string of the molecule is CCOC(=O)c1nn(Cc2ccc(F)cc2F)c(N)c1C. The van der Waals surface area contributed by atoms with Crippen molar-refractivity contribution in [2.75, 3.05) is 12.3 Å². The molecule has 2 rings (SSSR count). The van der Waals surface area contributed by atoms with Crippen LogP contribution >= 0.6 is 0 Å². The van der Waals surface area contributed by atoms with Gasteiger partial charge in [0.1, 0.15) is 17.5 Å². The molecule has 0 saturated heterocycles. The Bertz CT molecular complexity index is 683. The monoisotopic (exact) mass is 295 g/mol. The number of hydrogen-bond donors (Lipinski definition) is 1. The Morgan fingerprint density at radius 3 is 2.76 bits per heavy atom. The predicted octanol–water partition coefficient (Wildman–Crippen LogP) is 2.28. The molecule has 0 atom stereocenters. The van der Waals surface area contributed by atoms with Crippen molar-refractivity contribution in [2.45, 2.75) is 20.4 Å². The second-order valence-corrected chi connectivity index (χ2v) is 4.47. The fourth-order valence-corrected chi connectivity index (χ4v) is 1.89. The van der Waals surface area contributed by atoms with E-state index in [9.17, 15) is 13.6 Å². The molecule has 21 heavy (non-hydrogen) atoms. The number of hydrogen-bond acceptors (Lipinski definition) is 4. The van der Waals surface area contributed by atoms with Crippen molar-refractivity contribution < 1.29 is 18.3 Å². The van der Waals surface area contributed by atoms with Crippen LogP contribution in [-0.4, -0.2) is 22.4 Å². The molecule has 112 valence electrons. The van der Waals surface area contributed by atoms with E-state index in [4.69, 9.17) is 10.5 Å². The highest BCUT2D eigenvalue weighted by molar-refractivity contribution is 5.90. The number of ether oxygens (including phenoxy) is 1. The Labute approximate surface area is 120 Å². The summed E-state index contributed by atoms with van der Waals surface area (Å²) in [5, 5.41) is 4.04. The van der Waals surface area contributed by atoms with Crippen molar-refractivity contribution in [1.29, 1.82) is 0 Å². The summed E-state index contributed by atoms with van der Waals surface area (Å²) in [4.78, 5) is 11.7. The highest BCUT2D eigenvalue weighted by atomic mass is 19.1. The van der Waals surface area contributed by atoms with Crippen LogP contribution in [0.2, 0.25) is 0 Å². The van der Waals surface area contributed by atoms with E-state index in [-0.39, 0.29) is 30.2 Å². The molecule has 0 amide bonds. The average Bonchev–Trinajstić information content (AvgIpc) is 2.70. The molecule has 0 fully saturated rings. The summed E-state index contributed by atoms with van der Waals surface area (Å²) in [6.07, 6.45) is 0. The maximum absolute atomic E-state index is 13.6. The van der Waals surface area contributed by atoms with Crippen LogP contribution in [0.25, 0.3) is 0 Å². The van der Waals surface area contributed by atoms with E-state index >= 15 is 0 Å². The normalized spacial score (nSPS) is 10.7. The summed E-state index contributed by atoms with van der Waals surface area (Å²) in [7, 11) is 0. The predicted molar refractivity (Wildman–Crippen MR) is 72.8 cm³/mol. The van der Waals surface area contributed by atoms with Crippen LogP contribution in [0.15, 0.2) is 18.2 Å². The van der Waals surface area contributed by atoms with Crippen LogP contribution in [0.1, 0.15) is 28.5 Å². The zero-order chi connectivity index (χ0) is 15.6. The highest BCUT2D eigenvalue weighted by Crippen LogP contribution is 2.19. The lowest BCUT2D eigenvalue weighted by atomic mass is 10.2. The van der Waals surface area contributed by atoms with Crippen molar-refractivity contribution >= 4 is 11.8 Å². The standard InChI is InChI=1S/C14H15F2N3O2/c1-3-21-14(20)12-8(2)13(17)19(18-12)7-9-4-5-10(15)6-11(9)16/h4-6H,3,7,17H2,1-2H3. The van der Waals surface area contributed by atoms with Gasteiger partial charge in [-0.15, -0.1) is 0 Å². The first-order valence-corrected chi connectivity index (χ1v) is 6.38. The van der Waals surface area contributed by atoms with Crippen molar-refractivity contribution in [1.82, 2.24) is 9.78 Å². The van der Waals surface area contributed by atoms with Gasteiger partial charge in [-0.05, 0) is 19.9 Å². The number of nitrogens with two attached hydrogens (primary N) is 1. The number of nitrogens with zero attached hydrogens (tertiary/aromatic N) is 2. The molecular weight excluding hydrogens is 280 g/mol. The maximum atomic E-state index is 13.6. The molecule has 0 unspecified atom stereocenters. The number of carbonyl (C=O) groups excluding carboxylic acids is 1. The fraction of sp³-hybridized carbons (Fsp3) is 0.286. The van der Waals surface area contributed by atoms with Crippen LogP contribution in [0, 0.1) is 18.6 Å². The first-order chi connectivity index (χ1) is 9.93. The number of benzene rings is 1. The summed E-state index contributed by atoms with van der Waals surface area (Å²) < 4.78 is 32.7. The summed E-state index contributed by atoms with van der Waals surface area (Å²) in [6, 6.07) is 3.25. The minimum Gasteiger partial charge on any atom is -0.461 e. The molecule has 1 heterocycles. The van der Waals surface area contributed by atoms with Crippen LogP contribution in [0.4, 0.5) is 14.6 Å². The van der Waals surface area contributed by atoms with Gasteiger partial charge in [-0.2, -0.15) is 5.10 Å². The van der Waals surface area contributed by atoms with Crippen molar-refractivity contribution in [3.05, 3.63) is 46.7 Å². The lowest BCUT2D eigenvalue weighted by molar-refractivity contribution is 0.0517. The van der Waals surface area contributed by atoms with E-state index in [1.54, 1.807) is 13.8 Å². The van der Waals surface area contributed by atoms with Crippen LogP contribution < -0.4 is 5.73 Å². The average molecular weight is 295 g/mol. The molecule has 1 aromatic carbocycles. The van der Waals surface area contributed by atoms with Gasteiger partial charge in [0.15, 0.2) is 5.69 Å². The van der Waals surface area contributed by atoms with Gasteiger partial charge in [0.2, 0.25) is 0 Å². The van der Waals surface area contributed by atoms with Crippen LogP contribution in [0.3, 0.4) is 0 Å². The van der Waals surface area contributed by atoms with Crippen LogP contribution in [-0.2, 0) is 11.3 Å². The Balaban J connectivity index is 2.32. The van der Waals surface area contributed by atoms with Crippen molar-refractivity contribution in [3.63, 3.8) is 0 Å². The van der Waals surface area contributed by atoms with Crippen molar-refractivity contribution in [2.24, 2.45) is 0 Å². The molecular formula is C14H15F2N3O2. The molecule has 5 nitrogen and oxygen atoms in total. The molecule has 7 heteroatoms. The second kappa shape index (κ2) is 5.90. The molecule has 0 aliphatic heterocycles. The quantitative estimate of drug-likeness (QED) is 0.878. The summed E-state index contributed by atoms with van der Waals surface area (Å²) >= 11 is 0. The molecule has 0 bridgehead atoms. The number of halogens is 2. The highest BCUT2D eigenvalue weighted by Gasteiger charge is 2.20. The molecule has 1 aromatic heterocycles. The topological polar surface area (TPSA) is 70.1 Å². The molecule has 0 saturated carbocycles. The van der Waals surface area contributed by atoms with E-state index in [0.717, 1.165) is 12.1 Å². The van der Waals surface area contributed by atoms with Crippen LogP contribution in [0.5, 0.6) is 0 Å². The fourth-order valence-electron chi connectivity index (χ4n) is 1.89. The second-order valence-electron chi connectivity index (χ2n) is 4.47. The molecule has 0 aliphatic carbocycles. The molecule has 0 spiro atoms. The van der Waals surface area contributed by atoms with E-state index < -0.39 is 17.6 Å². The van der Waals surface area contributed by atoms with Gasteiger partial charge in [-0.3, -0.25) is 0 Å². The van der Waals surface area contributed by atoms with Gasteiger partial charge in [0, 0.05) is 17.2 Å². The summed E-state index contributed by atoms with van der Waals surface area (Å²) in [6.45, 7) is 3.53. The van der Waals surface area contributed by atoms with Gasteiger partial charge in [-0.1, -0.05) is 6.07 Å². The van der Waals surface area contributed by atoms with Crippen molar-refractivity contribution in [3.8, 4) is 0 Å². The number of aromatic nitrogens is 2. The largest absolute Gasteiger partial charge is 0.461 e. The Hall–Kier alpha value is -2.44. The van der Waals surface area contributed by atoms with E-state index in [0.29, 0.717) is 5.56 Å². The lowest BCUT2D eigenvalue weighted by Crippen LogP contribution is -2.10. The Morgan fingerprint density at radius 2 is 2.14 bits per heavy atom. The van der Waals surface area contributed by atoms with E-state index in [1.807, 2.05) is 0 Å².